The average molecular weight is 310 g/mol. The molecule has 0 amide bonds. The Labute approximate surface area is 133 Å². The van der Waals surface area contributed by atoms with Gasteiger partial charge in [-0.15, -0.1) is 0 Å². The van der Waals surface area contributed by atoms with E-state index < -0.39 is 0 Å². The minimum atomic E-state index is -0.289. The number of carbonyl (C=O) groups is 1. The van der Waals surface area contributed by atoms with E-state index >= 15 is 0 Å². The fraction of sp³-hybridized carbons (Fsp3) is 0.353. The topological polar surface area (TPSA) is 80.0 Å². The molecule has 0 unspecified atom stereocenters. The van der Waals surface area contributed by atoms with Gasteiger partial charge < -0.3 is 10.4 Å². The van der Waals surface area contributed by atoms with Crippen molar-refractivity contribution in [3.63, 3.8) is 0 Å². The maximum Gasteiger partial charge on any atom is 0.226 e. The highest BCUT2D eigenvalue weighted by Crippen LogP contribution is 2.41. The van der Waals surface area contributed by atoms with E-state index in [0.717, 1.165) is 23.3 Å². The van der Waals surface area contributed by atoms with Crippen molar-refractivity contribution in [2.45, 2.75) is 32.7 Å². The molecule has 23 heavy (non-hydrogen) atoms. The van der Waals surface area contributed by atoms with Crippen LogP contribution in [0.1, 0.15) is 37.2 Å². The summed E-state index contributed by atoms with van der Waals surface area (Å²) in [6.07, 6.45) is 1.39. The van der Waals surface area contributed by atoms with Crippen molar-refractivity contribution in [3.05, 3.63) is 46.9 Å². The number of phenolic OH excluding ortho intramolecular Hbond substituents is 1. The van der Waals surface area contributed by atoms with Crippen molar-refractivity contribution in [2.75, 3.05) is 5.32 Å². The van der Waals surface area contributed by atoms with Crippen LogP contribution in [0.4, 0.5) is 5.95 Å². The lowest BCUT2D eigenvalue weighted by molar-refractivity contribution is -0.117. The highest BCUT2D eigenvalue weighted by atomic mass is 16.3. The molecule has 0 saturated heterocycles. The molecule has 2 heterocycles. The van der Waals surface area contributed by atoms with Gasteiger partial charge in [-0.25, -0.2) is 4.68 Å². The van der Waals surface area contributed by atoms with Gasteiger partial charge in [-0.3, -0.25) is 4.79 Å². The van der Waals surface area contributed by atoms with Crippen molar-refractivity contribution >= 4 is 11.7 Å². The Morgan fingerprint density at radius 1 is 1.26 bits per heavy atom. The predicted molar refractivity (Wildman–Crippen MR) is 85.1 cm³/mol. The molecule has 1 aromatic heterocycles. The van der Waals surface area contributed by atoms with E-state index in [4.69, 9.17) is 0 Å². The number of hydrogen-bond donors (Lipinski definition) is 2. The van der Waals surface area contributed by atoms with Crippen LogP contribution in [-0.4, -0.2) is 25.7 Å². The largest absolute Gasteiger partial charge is 0.508 e. The molecule has 1 aliphatic carbocycles. The predicted octanol–water partition coefficient (Wildman–Crippen LogP) is 2.56. The van der Waals surface area contributed by atoms with Gasteiger partial charge in [-0.2, -0.15) is 10.1 Å². The van der Waals surface area contributed by atoms with E-state index in [1.54, 1.807) is 16.8 Å². The van der Waals surface area contributed by atoms with Crippen molar-refractivity contribution < 1.29 is 9.90 Å². The van der Waals surface area contributed by atoms with Gasteiger partial charge in [0.1, 0.15) is 17.6 Å². The molecule has 2 aliphatic rings. The summed E-state index contributed by atoms with van der Waals surface area (Å²) in [6, 6.07) is 6.65. The highest BCUT2D eigenvalue weighted by molar-refractivity contribution is 5.99. The van der Waals surface area contributed by atoms with Crippen LogP contribution < -0.4 is 5.32 Å². The molecule has 0 fully saturated rings. The molecule has 1 aliphatic heterocycles. The van der Waals surface area contributed by atoms with Gasteiger partial charge in [0, 0.05) is 17.7 Å². The third kappa shape index (κ3) is 2.21. The van der Waals surface area contributed by atoms with E-state index in [0.29, 0.717) is 24.1 Å². The first kappa shape index (κ1) is 14.0. The third-order valence-corrected chi connectivity index (χ3v) is 4.44. The maximum atomic E-state index is 12.7. The van der Waals surface area contributed by atoms with Gasteiger partial charge in [0.05, 0.1) is 0 Å². The number of anilines is 1. The molecule has 2 atom stereocenters. The van der Waals surface area contributed by atoms with Crippen LogP contribution in [0, 0.1) is 12.8 Å². The number of aromatic nitrogens is 3. The lowest BCUT2D eigenvalue weighted by Gasteiger charge is -2.34. The van der Waals surface area contributed by atoms with Crippen molar-refractivity contribution in [1.29, 1.82) is 0 Å². The monoisotopic (exact) mass is 310 g/mol. The summed E-state index contributed by atoms with van der Waals surface area (Å²) in [4.78, 5) is 17.1. The smallest absolute Gasteiger partial charge is 0.226 e. The summed E-state index contributed by atoms with van der Waals surface area (Å²) in [5, 5.41) is 17.3. The van der Waals surface area contributed by atoms with Crippen LogP contribution in [0.25, 0.3) is 0 Å². The van der Waals surface area contributed by atoms with Crippen LogP contribution in [0.15, 0.2) is 35.5 Å². The lowest BCUT2D eigenvalue weighted by atomic mass is 9.81. The second-order valence-electron chi connectivity index (χ2n) is 6.38. The van der Waals surface area contributed by atoms with E-state index in [1.807, 2.05) is 19.1 Å². The molecular formula is C17H18N4O2. The fourth-order valence-electron chi connectivity index (χ4n) is 3.48. The van der Waals surface area contributed by atoms with Crippen LogP contribution in [0.2, 0.25) is 0 Å². The molecule has 1 aromatic carbocycles. The second-order valence-corrected chi connectivity index (χ2v) is 6.38. The van der Waals surface area contributed by atoms with E-state index in [1.165, 1.54) is 0 Å². The number of hydrogen-bond acceptors (Lipinski definition) is 5. The van der Waals surface area contributed by atoms with E-state index in [-0.39, 0.29) is 17.6 Å². The Bertz CT molecular complexity index is 820. The van der Waals surface area contributed by atoms with Crippen LogP contribution >= 0.6 is 0 Å². The molecule has 0 saturated carbocycles. The van der Waals surface area contributed by atoms with Crippen LogP contribution in [0.3, 0.4) is 0 Å². The number of Topliss-reactive ketones (excluding diaryl/α,β-unsaturated/α-hetero) is 1. The van der Waals surface area contributed by atoms with Gasteiger partial charge >= 0.3 is 0 Å². The first-order valence-electron chi connectivity index (χ1n) is 7.78. The Morgan fingerprint density at radius 3 is 2.74 bits per heavy atom. The van der Waals surface area contributed by atoms with Gasteiger partial charge in [-0.05, 0) is 37.0 Å². The van der Waals surface area contributed by atoms with Crippen LogP contribution in [-0.2, 0) is 4.79 Å². The summed E-state index contributed by atoms with van der Waals surface area (Å²) < 4.78 is 1.77. The minimum Gasteiger partial charge on any atom is -0.508 e. The summed E-state index contributed by atoms with van der Waals surface area (Å²) in [6.45, 7) is 3.92. The number of phenols is 1. The first-order valence-corrected chi connectivity index (χ1v) is 7.78. The number of fused-ring (bicyclic) bond motifs is 1. The fourth-order valence-corrected chi connectivity index (χ4v) is 3.48. The zero-order chi connectivity index (χ0) is 16.1. The highest BCUT2D eigenvalue weighted by Gasteiger charge is 2.38. The summed E-state index contributed by atoms with van der Waals surface area (Å²) in [7, 11) is 0. The van der Waals surface area contributed by atoms with Gasteiger partial charge in [0.25, 0.3) is 0 Å². The Morgan fingerprint density at radius 2 is 2.00 bits per heavy atom. The number of carbonyl (C=O) groups excluding carboxylic acids is 1. The van der Waals surface area contributed by atoms with Crippen molar-refractivity contribution in [3.8, 4) is 5.75 Å². The van der Waals surface area contributed by atoms with Crippen LogP contribution in [0.5, 0.6) is 5.75 Å². The van der Waals surface area contributed by atoms with E-state index in [9.17, 15) is 9.90 Å². The number of nitrogens with one attached hydrogen (secondary N) is 1. The van der Waals surface area contributed by atoms with Gasteiger partial charge in [0.2, 0.25) is 5.95 Å². The molecule has 118 valence electrons. The molecule has 0 radical (unpaired) electrons. The molecular weight excluding hydrogens is 292 g/mol. The second kappa shape index (κ2) is 4.94. The normalized spacial score (nSPS) is 23.3. The zero-order valence-electron chi connectivity index (χ0n) is 13.1. The number of aromatic hydroxyl groups is 1. The number of nitrogens with zero attached hydrogens (tertiary/aromatic N) is 3. The number of rotatable bonds is 1. The zero-order valence-corrected chi connectivity index (χ0v) is 13.1. The Hall–Kier alpha value is -2.63. The molecule has 6 nitrogen and oxygen atoms in total. The maximum absolute atomic E-state index is 12.7. The van der Waals surface area contributed by atoms with Crippen molar-refractivity contribution in [2.24, 2.45) is 5.92 Å². The quantitative estimate of drug-likeness (QED) is 0.846. The summed E-state index contributed by atoms with van der Waals surface area (Å²) in [5.74, 6) is 2.02. The standard InChI is InChI=1S/C17H18N4O2/c1-9-7-13-15(14(23)8-9)16(11-3-5-12(22)6-4-11)21-17(19-13)18-10(2)20-21/h3-6,9,16,22H,7-8H2,1-2H3,(H,18,19,20)/t9-,16-/m1/s1. The third-order valence-electron chi connectivity index (χ3n) is 4.44. The van der Waals surface area contributed by atoms with E-state index in [2.05, 4.69) is 22.3 Å². The Balaban J connectivity index is 1.91. The number of allylic oxidation sites excluding steroid dienone is 2. The molecule has 2 N–H and O–H groups in total. The first-order chi connectivity index (χ1) is 11.0. The summed E-state index contributed by atoms with van der Waals surface area (Å²) in [5.41, 5.74) is 2.64. The van der Waals surface area contributed by atoms with Gasteiger partial charge in [-0.1, -0.05) is 19.1 Å². The molecule has 4 rings (SSSR count). The molecule has 6 heteroatoms. The van der Waals surface area contributed by atoms with Gasteiger partial charge in [0.15, 0.2) is 5.78 Å². The number of benzene rings is 1. The average Bonchev–Trinajstić information content (AvgIpc) is 2.85. The minimum absolute atomic E-state index is 0.156. The Kier molecular flexibility index (Phi) is 3.01. The number of aryl methyl sites for hydroxylation is 1. The molecule has 0 bridgehead atoms. The lowest BCUT2D eigenvalue weighted by Crippen LogP contribution is -2.33. The SMILES string of the molecule is Cc1nc2n(n1)[C@H](c1ccc(O)cc1)C1=C(C[C@@H](C)CC1=O)N2. The summed E-state index contributed by atoms with van der Waals surface area (Å²) >= 11 is 0. The number of ketones is 1. The van der Waals surface area contributed by atoms with Crippen molar-refractivity contribution in [1.82, 2.24) is 14.8 Å². The molecule has 2 aromatic rings. The molecule has 0 spiro atoms.